The molecule has 0 radical (unpaired) electrons. The molecule has 5 aromatic rings. The van der Waals surface area contributed by atoms with E-state index in [4.69, 9.17) is 23.6 Å². The minimum absolute atomic E-state index is 0.102. The lowest BCUT2D eigenvalue weighted by Gasteiger charge is -2.36. The van der Waals surface area contributed by atoms with Crippen LogP contribution < -0.4 is 4.74 Å². The number of hydrogen-bond acceptors (Lipinski definition) is 7. The van der Waals surface area contributed by atoms with Crippen molar-refractivity contribution in [3.05, 3.63) is 82.3 Å². The van der Waals surface area contributed by atoms with Crippen molar-refractivity contribution in [2.24, 2.45) is 0 Å². The van der Waals surface area contributed by atoms with Crippen molar-refractivity contribution < 1.29 is 23.7 Å². The molecule has 11 heteroatoms. The number of aliphatic hydroxyl groups excluding tert-OH is 1. The van der Waals surface area contributed by atoms with E-state index in [0.717, 1.165) is 57.0 Å². The third-order valence-electron chi connectivity index (χ3n) is 8.68. The van der Waals surface area contributed by atoms with E-state index < -0.39 is 8.32 Å². The van der Waals surface area contributed by atoms with Crippen LogP contribution in [-0.4, -0.2) is 59.0 Å². The van der Waals surface area contributed by atoms with E-state index in [1.807, 2.05) is 79.9 Å². The lowest BCUT2D eigenvalue weighted by atomic mass is 10.2. The van der Waals surface area contributed by atoms with E-state index >= 15 is 0 Å². The first-order valence-corrected chi connectivity index (χ1v) is 20.4. The van der Waals surface area contributed by atoms with Gasteiger partial charge >= 0.3 is 0 Å². The third-order valence-corrected chi connectivity index (χ3v) is 13.7. The van der Waals surface area contributed by atoms with Gasteiger partial charge in [0, 0.05) is 36.8 Å². The fraction of sp³-hybridized carbons (Fsp3) is 0.459. The molecule has 1 N–H and O–H groups in total. The van der Waals surface area contributed by atoms with Crippen LogP contribution in [0.1, 0.15) is 51.8 Å². The number of rotatable bonds is 14. The number of ether oxygens (including phenoxy) is 3. The highest BCUT2D eigenvalue weighted by molar-refractivity contribution is 9.10. The molecule has 0 aliphatic rings. The normalized spacial score (nSPS) is 12.0. The average Bonchev–Trinajstić information content (AvgIpc) is 3.58. The summed E-state index contributed by atoms with van der Waals surface area (Å²) in [5.74, 6) is 3.15. The first-order chi connectivity index (χ1) is 22.9. The Morgan fingerprint density at radius 3 is 1.90 bits per heavy atom. The monoisotopic (exact) mass is 738 g/mol. The van der Waals surface area contributed by atoms with Crippen molar-refractivity contribution in [2.45, 2.75) is 86.0 Å². The Hall–Kier alpha value is -3.06. The molecule has 0 saturated heterocycles. The number of hydrogen-bond donors (Lipinski definition) is 1. The molecule has 260 valence electrons. The standard InChI is InChI=1S/C19H22N2O3.C18H29BrN2O2Si/c1-3-23-11-10-21-18-12-16(8-9-17(18)20-19(21)13-22)24-15-6-4-14(2)5-7-15;1-7-22-11-10-21-16-12-14(19)8-9-15(16)20-17(21)13-23-24(5,6)18(2,3)4/h4-9,12,22H,3,10-11,13H2,1-2H3;8-9,12H,7,10-11,13H2,1-6H3. The number of aryl methyl sites for hydroxylation is 1. The molecular formula is C37H51BrN4O5Si. The van der Waals surface area contributed by atoms with Crippen LogP contribution in [0, 0.1) is 6.92 Å². The fourth-order valence-corrected chi connectivity index (χ4v) is 6.17. The van der Waals surface area contributed by atoms with Crippen molar-refractivity contribution >= 4 is 46.3 Å². The maximum Gasteiger partial charge on any atom is 0.192 e. The van der Waals surface area contributed by atoms with Crippen molar-refractivity contribution in [3.63, 3.8) is 0 Å². The van der Waals surface area contributed by atoms with Crippen LogP contribution in [0.4, 0.5) is 0 Å². The Bertz CT molecular complexity index is 1760. The molecule has 5 rings (SSSR count). The van der Waals surface area contributed by atoms with Gasteiger partial charge in [-0.2, -0.15) is 0 Å². The fourth-order valence-electron chi connectivity index (χ4n) is 4.90. The minimum atomic E-state index is -1.80. The number of fused-ring (bicyclic) bond motifs is 2. The summed E-state index contributed by atoms with van der Waals surface area (Å²) >= 11 is 3.56. The number of nitrogens with zero attached hydrogens (tertiary/aromatic N) is 4. The Kier molecular flexibility index (Phi) is 13.4. The summed E-state index contributed by atoms with van der Waals surface area (Å²) in [6.45, 7) is 21.9. The second kappa shape index (κ2) is 17.0. The van der Waals surface area contributed by atoms with Gasteiger partial charge in [-0.1, -0.05) is 54.4 Å². The van der Waals surface area contributed by atoms with Gasteiger partial charge in [0.25, 0.3) is 0 Å². The summed E-state index contributed by atoms with van der Waals surface area (Å²) in [7, 11) is -1.80. The number of imidazole rings is 2. The molecule has 0 amide bonds. The lowest BCUT2D eigenvalue weighted by Crippen LogP contribution is -2.40. The third kappa shape index (κ3) is 9.77. The van der Waals surface area contributed by atoms with Crippen LogP contribution in [0.3, 0.4) is 0 Å². The molecule has 2 aromatic heterocycles. The van der Waals surface area contributed by atoms with Gasteiger partial charge in [0.1, 0.15) is 29.8 Å². The van der Waals surface area contributed by atoms with E-state index in [1.165, 1.54) is 5.56 Å². The van der Waals surface area contributed by atoms with Crippen molar-refractivity contribution in [3.8, 4) is 11.5 Å². The van der Waals surface area contributed by atoms with Gasteiger partial charge in [0.2, 0.25) is 0 Å². The highest BCUT2D eigenvalue weighted by Crippen LogP contribution is 2.37. The second-order valence-corrected chi connectivity index (χ2v) is 18.9. The molecule has 0 saturated carbocycles. The molecule has 0 unspecified atom stereocenters. The summed E-state index contributed by atoms with van der Waals surface area (Å²) in [6.07, 6.45) is 0. The predicted molar refractivity (Wildman–Crippen MR) is 199 cm³/mol. The molecule has 0 fully saturated rings. The molecule has 0 spiro atoms. The molecule has 0 bridgehead atoms. The van der Waals surface area contributed by atoms with Gasteiger partial charge in [0.05, 0.1) is 41.9 Å². The van der Waals surface area contributed by atoms with Crippen LogP contribution >= 0.6 is 15.9 Å². The SMILES string of the molecule is CCOCCn1c(CO)nc2ccc(Oc3ccc(C)cc3)cc21.CCOCCn1c(CO[Si](C)(C)C(C)(C)C)nc2ccc(Br)cc21. The van der Waals surface area contributed by atoms with E-state index in [1.54, 1.807) is 0 Å². The molecule has 3 aromatic carbocycles. The molecule has 0 aliphatic heterocycles. The molecule has 0 atom stereocenters. The van der Waals surface area contributed by atoms with E-state index in [9.17, 15) is 5.11 Å². The van der Waals surface area contributed by atoms with Gasteiger partial charge in [0.15, 0.2) is 8.32 Å². The highest BCUT2D eigenvalue weighted by Gasteiger charge is 2.37. The minimum Gasteiger partial charge on any atom is -0.457 e. The van der Waals surface area contributed by atoms with Gasteiger partial charge in [-0.15, -0.1) is 0 Å². The summed E-state index contributed by atoms with van der Waals surface area (Å²) in [4.78, 5) is 9.27. The van der Waals surface area contributed by atoms with Gasteiger partial charge in [-0.05, 0) is 81.4 Å². The summed E-state index contributed by atoms with van der Waals surface area (Å²) in [6, 6.07) is 19.9. The summed E-state index contributed by atoms with van der Waals surface area (Å²) < 4.78 is 28.6. The average molecular weight is 740 g/mol. The Labute approximate surface area is 294 Å². The van der Waals surface area contributed by atoms with Crippen LogP contribution in [0.5, 0.6) is 11.5 Å². The van der Waals surface area contributed by atoms with Crippen molar-refractivity contribution in [1.82, 2.24) is 19.1 Å². The maximum absolute atomic E-state index is 9.55. The van der Waals surface area contributed by atoms with Crippen LogP contribution in [0.25, 0.3) is 22.1 Å². The van der Waals surface area contributed by atoms with Crippen LogP contribution in [-0.2, 0) is 40.2 Å². The molecule has 0 aliphatic carbocycles. The zero-order valence-corrected chi connectivity index (χ0v) is 32.3. The number of aromatic nitrogens is 4. The van der Waals surface area contributed by atoms with E-state index in [2.05, 4.69) is 65.4 Å². The Morgan fingerprint density at radius 2 is 1.31 bits per heavy atom. The van der Waals surface area contributed by atoms with Gasteiger partial charge in [-0.25, -0.2) is 9.97 Å². The predicted octanol–water partition coefficient (Wildman–Crippen LogP) is 9.02. The van der Waals surface area contributed by atoms with Crippen LogP contribution in [0.15, 0.2) is 65.1 Å². The summed E-state index contributed by atoms with van der Waals surface area (Å²) in [5, 5.41) is 9.74. The molecule has 2 heterocycles. The highest BCUT2D eigenvalue weighted by atomic mass is 79.9. The van der Waals surface area contributed by atoms with Crippen molar-refractivity contribution in [1.29, 1.82) is 0 Å². The molecule has 48 heavy (non-hydrogen) atoms. The number of aliphatic hydroxyl groups is 1. The Morgan fingerprint density at radius 1 is 0.771 bits per heavy atom. The molecular weight excluding hydrogens is 688 g/mol. The summed E-state index contributed by atoms with van der Waals surface area (Å²) in [5.41, 5.74) is 5.09. The first kappa shape index (κ1) is 37.8. The van der Waals surface area contributed by atoms with Gasteiger partial charge < -0.3 is 32.9 Å². The Balaban J connectivity index is 0.000000217. The smallest absolute Gasteiger partial charge is 0.192 e. The van der Waals surface area contributed by atoms with Crippen LogP contribution in [0.2, 0.25) is 18.1 Å². The largest absolute Gasteiger partial charge is 0.457 e. The zero-order chi connectivity index (χ0) is 34.9. The van der Waals surface area contributed by atoms with E-state index in [-0.39, 0.29) is 11.6 Å². The zero-order valence-electron chi connectivity index (χ0n) is 29.7. The quantitative estimate of drug-likeness (QED) is 0.0898. The second-order valence-electron chi connectivity index (χ2n) is 13.2. The molecule has 9 nitrogen and oxygen atoms in total. The topological polar surface area (TPSA) is 92.8 Å². The number of benzene rings is 3. The van der Waals surface area contributed by atoms with E-state index in [0.29, 0.717) is 38.8 Å². The lowest BCUT2D eigenvalue weighted by molar-refractivity contribution is 0.137. The first-order valence-electron chi connectivity index (χ1n) is 16.7. The maximum atomic E-state index is 9.55. The number of halogens is 1. The van der Waals surface area contributed by atoms with Gasteiger partial charge in [-0.3, -0.25) is 0 Å². The van der Waals surface area contributed by atoms with Crippen molar-refractivity contribution in [2.75, 3.05) is 26.4 Å².